The highest BCUT2D eigenvalue weighted by Gasteiger charge is 2.17. The molecular formula is C10H16ClN3O3S. The summed E-state index contributed by atoms with van der Waals surface area (Å²) in [5.74, 6) is -0.371. The van der Waals surface area contributed by atoms with Gasteiger partial charge in [0.15, 0.2) is 0 Å². The van der Waals surface area contributed by atoms with Crippen LogP contribution in [0.5, 0.6) is 0 Å². The molecule has 102 valence electrons. The van der Waals surface area contributed by atoms with Gasteiger partial charge in [0.2, 0.25) is 15.9 Å². The summed E-state index contributed by atoms with van der Waals surface area (Å²) in [4.78, 5) is 11.2. The molecule has 6 nitrogen and oxygen atoms in total. The maximum Gasteiger partial charge on any atom is 0.242 e. The van der Waals surface area contributed by atoms with Gasteiger partial charge in [0, 0.05) is 19.8 Å². The van der Waals surface area contributed by atoms with Crippen molar-refractivity contribution in [2.24, 2.45) is 5.73 Å². The quantitative estimate of drug-likeness (QED) is 0.832. The van der Waals surface area contributed by atoms with E-state index in [4.69, 9.17) is 5.73 Å². The van der Waals surface area contributed by atoms with Crippen LogP contribution in [0.15, 0.2) is 29.2 Å². The summed E-state index contributed by atoms with van der Waals surface area (Å²) in [5, 5.41) is 2.50. The molecule has 0 saturated heterocycles. The molecular weight excluding hydrogens is 278 g/mol. The van der Waals surface area contributed by atoms with E-state index < -0.39 is 10.0 Å². The number of carbonyl (C=O) groups is 1. The first-order valence-corrected chi connectivity index (χ1v) is 6.34. The van der Waals surface area contributed by atoms with Crippen molar-refractivity contribution in [3.05, 3.63) is 24.3 Å². The van der Waals surface area contributed by atoms with Crippen LogP contribution in [0.25, 0.3) is 0 Å². The van der Waals surface area contributed by atoms with Gasteiger partial charge in [-0.3, -0.25) is 4.79 Å². The SMILES string of the molecule is CN(C)S(=O)(=O)c1cccc(NC(=O)CN)c1.Cl. The standard InChI is InChI=1S/C10H15N3O3S.ClH/c1-13(2)17(15,16)9-5-3-4-8(6-9)12-10(14)7-11;/h3-6H,7,11H2,1-2H3,(H,12,14);1H. The van der Waals surface area contributed by atoms with Crippen LogP contribution >= 0.6 is 12.4 Å². The van der Waals surface area contributed by atoms with Crippen molar-refractivity contribution in [1.29, 1.82) is 0 Å². The minimum absolute atomic E-state index is 0. The maximum absolute atomic E-state index is 11.8. The molecule has 3 N–H and O–H groups in total. The topological polar surface area (TPSA) is 92.5 Å². The van der Waals surface area contributed by atoms with E-state index in [-0.39, 0.29) is 29.8 Å². The predicted octanol–water partition coefficient (Wildman–Crippen LogP) is 0.256. The molecule has 0 radical (unpaired) electrons. The van der Waals surface area contributed by atoms with E-state index in [0.29, 0.717) is 5.69 Å². The van der Waals surface area contributed by atoms with Crippen molar-refractivity contribution >= 4 is 34.0 Å². The Morgan fingerprint density at radius 2 is 2.00 bits per heavy atom. The Labute approximate surface area is 113 Å². The lowest BCUT2D eigenvalue weighted by Gasteiger charge is -2.12. The average Bonchev–Trinajstić information content (AvgIpc) is 2.29. The summed E-state index contributed by atoms with van der Waals surface area (Å²) in [6.07, 6.45) is 0. The lowest BCUT2D eigenvalue weighted by molar-refractivity contribution is -0.114. The number of amides is 1. The fourth-order valence-corrected chi connectivity index (χ4v) is 2.11. The van der Waals surface area contributed by atoms with Crippen LogP contribution in [-0.4, -0.2) is 39.3 Å². The van der Waals surface area contributed by atoms with Gasteiger partial charge in [-0.25, -0.2) is 12.7 Å². The van der Waals surface area contributed by atoms with Gasteiger partial charge < -0.3 is 11.1 Å². The smallest absolute Gasteiger partial charge is 0.242 e. The van der Waals surface area contributed by atoms with Crippen LogP contribution in [0.1, 0.15) is 0 Å². The van der Waals surface area contributed by atoms with E-state index in [2.05, 4.69) is 5.32 Å². The van der Waals surface area contributed by atoms with Crippen molar-refractivity contribution in [1.82, 2.24) is 4.31 Å². The van der Waals surface area contributed by atoms with Gasteiger partial charge in [-0.2, -0.15) is 0 Å². The number of halogens is 1. The molecule has 0 spiro atoms. The normalized spacial score (nSPS) is 10.9. The molecule has 1 amide bonds. The molecule has 0 saturated carbocycles. The van der Waals surface area contributed by atoms with E-state index in [1.807, 2.05) is 0 Å². The summed E-state index contributed by atoms with van der Waals surface area (Å²) in [6.45, 7) is -0.148. The molecule has 18 heavy (non-hydrogen) atoms. The van der Waals surface area contributed by atoms with Gasteiger partial charge in [-0.05, 0) is 18.2 Å². The Kier molecular flexibility index (Phi) is 6.27. The molecule has 0 fully saturated rings. The molecule has 1 aromatic rings. The number of sulfonamides is 1. The Balaban J connectivity index is 0.00000289. The minimum Gasteiger partial charge on any atom is -0.325 e. The first kappa shape index (κ1) is 16.9. The van der Waals surface area contributed by atoms with E-state index >= 15 is 0 Å². The van der Waals surface area contributed by atoms with E-state index in [0.717, 1.165) is 4.31 Å². The van der Waals surface area contributed by atoms with Crippen LogP contribution in [0, 0.1) is 0 Å². The third-order valence-electron chi connectivity index (χ3n) is 2.08. The van der Waals surface area contributed by atoms with Gasteiger partial charge in [-0.1, -0.05) is 6.07 Å². The number of rotatable bonds is 4. The number of carbonyl (C=O) groups excluding carboxylic acids is 1. The Morgan fingerprint density at radius 1 is 1.39 bits per heavy atom. The van der Waals surface area contributed by atoms with Crippen LogP contribution in [0.2, 0.25) is 0 Å². The van der Waals surface area contributed by atoms with E-state index in [1.165, 1.54) is 26.2 Å². The molecule has 0 aliphatic carbocycles. The van der Waals surface area contributed by atoms with Gasteiger partial charge in [-0.15, -0.1) is 12.4 Å². The van der Waals surface area contributed by atoms with Crippen LogP contribution in [0.4, 0.5) is 5.69 Å². The number of nitrogens with two attached hydrogens (primary N) is 1. The third-order valence-corrected chi connectivity index (χ3v) is 3.89. The first-order valence-electron chi connectivity index (χ1n) is 4.90. The second-order valence-electron chi connectivity index (χ2n) is 3.57. The Morgan fingerprint density at radius 3 is 2.50 bits per heavy atom. The second kappa shape index (κ2) is 6.69. The van der Waals surface area contributed by atoms with Gasteiger partial charge in [0.1, 0.15) is 0 Å². The highest BCUT2D eigenvalue weighted by Crippen LogP contribution is 2.17. The van der Waals surface area contributed by atoms with Gasteiger partial charge in [0.05, 0.1) is 11.4 Å². The summed E-state index contributed by atoms with van der Waals surface area (Å²) >= 11 is 0. The summed E-state index contributed by atoms with van der Waals surface area (Å²) in [6, 6.07) is 6.01. The number of nitrogens with one attached hydrogen (secondary N) is 1. The van der Waals surface area contributed by atoms with Gasteiger partial charge >= 0.3 is 0 Å². The van der Waals surface area contributed by atoms with Crippen molar-refractivity contribution in [2.75, 3.05) is 26.0 Å². The van der Waals surface area contributed by atoms with Crippen molar-refractivity contribution < 1.29 is 13.2 Å². The summed E-state index contributed by atoms with van der Waals surface area (Å²) in [7, 11) is -0.601. The number of nitrogens with zero attached hydrogens (tertiary/aromatic N) is 1. The Hall–Kier alpha value is -1.15. The zero-order chi connectivity index (χ0) is 13.1. The molecule has 0 heterocycles. The number of anilines is 1. The van der Waals surface area contributed by atoms with Crippen molar-refractivity contribution in [2.45, 2.75) is 4.90 Å². The molecule has 0 aliphatic rings. The van der Waals surface area contributed by atoms with Crippen molar-refractivity contribution in [3.63, 3.8) is 0 Å². The monoisotopic (exact) mass is 293 g/mol. The molecule has 0 bridgehead atoms. The molecule has 0 aromatic heterocycles. The zero-order valence-electron chi connectivity index (χ0n) is 10.1. The molecule has 8 heteroatoms. The minimum atomic E-state index is -3.49. The van der Waals surface area contributed by atoms with Crippen LogP contribution in [0.3, 0.4) is 0 Å². The third kappa shape index (κ3) is 3.95. The summed E-state index contributed by atoms with van der Waals surface area (Å²) in [5.41, 5.74) is 5.56. The highest BCUT2D eigenvalue weighted by molar-refractivity contribution is 7.89. The zero-order valence-corrected chi connectivity index (χ0v) is 11.7. The predicted molar refractivity (Wildman–Crippen MR) is 72.2 cm³/mol. The largest absolute Gasteiger partial charge is 0.325 e. The van der Waals surface area contributed by atoms with Crippen molar-refractivity contribution in [3.8, 4) is 0 Å². The Bertz CT molecular complexity index is 517. The van der Waals surface area contributed by atoms with E-state index in [1.54, 1.807) is 12.1 Å². The molecule has 1 aromatic carbocycles. The second-order valence-corrected chi connectivity index (χ2v) is 5.72. The summed E-state index contributed by atoms with van der Waals surface area (Å²) < 4.78 is 24.8. The lowest BCUT2D eigenvalue weighted by Crippen LogP contribution is -2.23. The highest BCUT2D eigenvalue weighted by atomic mass is 35.5. The van der Waals surface area contributed by atoms with Crippen LogP contribution < -0.4 is 11.1 Å². The fourth-order valence-electron chi connectivity index (χ4n) is 1.16. The number of hydrogen-bond donors (Lipinski definition) is 2. The van der Waals surface area contributed by atoms with E-state index in [9.17, 15) is 13.2 Å². The van der Waals surface area contributed by atoms with Gasteiger partial charge in [0.25, 0.3) is 0 Å². The molecule has 1 rings (SSSR count). The maximum atomic E-state index is 11.8. The lowest BCUT2D eigenvalue weighted by atomic mass is 10.3. The molecule has 0 atom stereocenters. The molecule has 0 unspecified atom stereocenters. The number of hydrogen-bond acceptors (Lipinski definition) is 4. The van der Waals surface area contributed by atoms with Crippen LogP contribution in [-0.2, 0) is 14.8 Å². The number of benzene rings is 1. The molecule has 0 aliphatic heterocycles. The first-order chi connectivity index (χ1) is 7.87. The average molecular weight is 294 g/mol. The fraction of sp³-hybridized carbons (Fsp3) is 0.300.